The average molecular weight is 206 g/mol. The fourth-order valence-electron chi connectivity index (χ4n) is 0.830. The molecule has 0 fully saturated rings. The second-order valence-corrected chi connectivity index (χ2v) is 6.24. The summed E-state index contributed by atoms with van der Waals surface area (Å²) in [5.41, 5.74) is 0. The van der Waals surface area contributed by atoms with Crippen LogP contribution >= 0.6 is 0 Å². The van der Waals surface area contributed by atoms with Crippen LogP contribution in [-0.2, 0) is 14.6 Å². The first kappa shape index (κ1) is 12.6. The zero-order valence-electron chi connectivity index (χ0n) is 8.70. The molecule has 0 aliphatic heterocycles. The highest BCUT2D eigenvalue weighted by atomic mass is 32.2. The first-order valence-electron chi connectivity index (χ1n) is 4.49. The molecule has 4 heteroatoms. The number of carbonyl (C=O) groups is 1. The lowest BCUT2D eigenvalue weighted by Gasteiger charge is -2.10. The first-order chi connectivity index (χ1) is 5.77. The third kappa shape index (κ3) is 4.41. The monoisotopic (exact) mass is 206 g/mol. The van der Waals surface area contributed by atoms with Gasteiger partial charge in [-0.3, -0.25) is 4.79 Å². The van der Waals surface area contributed by atoms with Gasteiger partial charge < -0.3 is 0 Å². The number of hydrogen-bond acceptors (Lipinski definition) is 3. The molecular weight excluding hydrogens is 188 g/mol. The minimum Gasteiger partial charge on any atom is -0.299 e. The molecule has 0 aromatic rings. The van der Waals surface area contributed by atoms with E-state index in [0.29, 0.717) is 12.3 Å². The number of ketones is 1. The summed E-state index contributed by atoms with van der Waals surface area (Å²) in [6, 6.07) is 0. The van der Waals surface area contributed by atoms with E-state index in [1.54, 1.807) is 0 Å². The highest BCUT2D eigenvalue weighted by molar-refractivity contribution is 7.92. The Bertz CT molecular complexity index is 265. The molecular formula is C9H18O3S. The molecule has 0 aromatic heterocycles. The van der Waals surface area contributed by atoms with Crippen molar-refractivity contribution in [1.29, 1.82) is 0 Å². The second-order valence-electron chi connectivity index (χ2n) is 3.80. The van der Waals surface area contributed by atoms with Crippen molar-refractivity contribution >= 4 is 15.6 Å². The summed E-state index contributed by atoms with van der Waals surface area (Å²) in [7, 11) is -3.20. The SMILES string of the molecule is CC(=O)C(C)S(=O)(=O)CCC(C)C. The van der Waals surface area contributed by atoms with Crippen LogP contribution in [0.3, 0.4) is 0 Å². The lowest BCUT2D eigenvalue weighted by atomic mass is 10.2. The van der Waals surface area contributed by atoms with Gasteiger partial charge in [0.25, 0.3) is 0 Å². The second kappa shape index (κ2) is 4.74. The molecule has 78 valence electrons. The molecule has 0 saturated heterocycles. The number of sulfone groups is 1. The van der Waals surface area contributed by atoms with Gasteiger partial charge in [0.2, 0.25) is 0 Å². The van der Waals surface area contributed by atoms with Gasteiger partial charge in [-0.1, -0.05) is 13.8 Å². The third-order valence-electron chi connectivity index (χ3n) is 2.09. The summed E-state index contributed by atoms with van der Waals surface area (Å²) >= 11 is 0. The molecule has 0 aliphatic rings. The van der Waals surface area contributed by atoms with Gasteiger partial charge in [0, 0.05) is 0 Å². The van der Waals surface area contributed by atoms with Crippen LogP contribution < -0.4 is 0 Å². The lowest BCUT2D eigenvalue weighted by molar-refractivity contribution is -0.116. The molecule has 0 rings (SSSR count). The van der Waals surface area contributed by atoms with Crippen molar-refractivity contribution in [2.45, 2.75) is 39.4 Å². The Morgan fingerprint density at radius 2 is 1.69 bits per heavy atom. The van der Waals surface area contributed by atoms with E-state index in [0.717, 1.165) is 0 Å². The van der Waals surface area contributed by atoms with Gasteiger partial charge in [-0.25, -0.2) is 8.42 Å². The third-order valence-corrected chi connectivity index (χ3v) is 4.30. The summed E-state index contributed by atoms with van der Waals surface area (Å²) in [4.78, 5) is 10.9. The molecule has 0 amide bonds. The van der Waals surface area contributed by atoms with Crippen molar-refractivity contribution in [3.05, 3.63) is 0 Å². The maximum atomic E-state index is 11.5. The zero-order chi connectivity index (χ0) is 10.6. The summed E-state index contributed by atoms with van der Waals surface area (Å²) in [5, 5.41) is -0.841. The van der Waals surface area contributed by atoms with Gasteiger partial charge in [-0.05, 0) is 26.2 Å². The number of carbonyl (C=O) groups excluding carboxylic acids is 1. The molecule has 1 atom stereocenters. The van der Waals surface area contributed by atoms with Crippen molar-refractivity contribution in [3.63, 3.8) is 0 Å². The normalized spacial score (nSPS) is 14.5. The van der Waals surface area contributed by atoms with Crippen molar-refractivity contribution in [2.24, 2.45) is 5.92 Å². The fraction of sp³-hybridized carbons (Fsp3) is 0.889. The van der Waals surface area contributed by atoms with E-state index in [9.17, 15) is 13.2 Å². The van der Waals surface area contributed by atoms with Crippen LogP contribution in [0, 0.1) is 5.92 Å². The molecule has 0 radical (unpaired) electrons. The standard InChI is InChI=1S/C9H18O3S/c1-7(2)5-6-13(11,12)9(4)8(3)10/h7,9H,5-6H2,1-4H3. The van der Waals surface area contributed by atoms with E-state index in [4.69, 9.17) is 0 Å². The predicted octanol–water partition coefficient (Wildman–Crippen LogP) is 1.42. The van der Waals surface area contributed by atoms with E-state index in [-0.39, 0.29) is 11.5 Å². The van der Waals surface area contributed by atoms with E-state index in [2.05, 4.69) is 0 Å². The van der Waals surface area contributed by atoms with Crippen molar-refractivity contribution in [1.82, 2.24) is 0 Å². The van der Waals surface area contributed by atoms with E-state index < -0.39 is 15.1 Å². The minimum atomic E-state index is -3.20. The minimum absolute atomic E-state index is 0.116. The molecule has 0 spiro atoms. The van der Waals surface area contributed by atoms with Gasteiger partial charge in [-0.15, -0.1) is 0 Å². The Balaban J connectivity index is 4.33. The maximum Gasteiger partial charge on any atom is 0.159 e. The number of hydrogen-bond donors (Lipinski definition) is 0. The molecule has 3 nitrogen and oxygen atoms in total. The van der Waals surface area contributed by atoms with Gasteiger partial charge in [0.15, 0.2) is 9.84 Å². The summed E-state index contributed by atoms with van der Waals surface area (Å²) in [5.74, 6) is 0.198. The van der Waals surface area contributed by atoms with Crippen molar-refractivity contribution in [3.8, 4) is 0 Å². The molecule has 0 saturated carbocycles. The van der Waals surface area contributed by atoms with Crippen LogP contribution in [0.1, 0.15) is 34.1 Å². The van der Waals surface area contributed by atoms with E-state index in [1.807, 2.05) is 13.8 Å². The van der Waals surface area contributed by atoms with Crippen LogP contribution in [0.2, 0.25) is 0 Å². The summed E-state index contributed by atoms with van der Waals surface area (Å²) < 4.78 is 22.9. The van der Waals surface area contributed by atoms with E-state index in [1.165, 1.54) is 13.8 Å². The topological polar surface area (TPSA) is 51.2 Å². The smallest absolute Gasteiger partial charge is 0.159 e. The van der Waals surface area contributed by atoms with Crippen LogP contribution in [0.15, 0.2) is 0 Å². The Labute approximate surface area is 80.4 Å². The maximum absolute atomic E-state index is 11.5. The molecule has 0 bridgehead atoms. The van der Waals surface area contributed by atoms with Gasteiger partial charge >= 0.3 is 0 Å². The Kier molecular flexibility index (Phi) is 4.61. The number of rotatable bonds is 5. The quantitative estimate of drug-likeness (QED) is 0.683. The summed E-state index contributed by atoms with van der Waals surface area (Å²) in [6.45, 7) is 6.71. The Morgan fingerprint density at radius 3 is 2.00 bits per heavy atom. The molecule has 13 heavy (non-hydrogen) atoms. The number of Topliss-reactive ketones (excluding diaryl/α,β-unsaturated/α-hetero) is 1. The molecule has 1 unspecified atom stereocenters. The van der Waals surface area contributed by atoms with Crippen LogP contribution in [0.5, 0.6) is 0 Å². The van der Waals surface area contributed by atoms with Crippen molar-refractivity contribution in [2.75, 3.05) is 5.75 Å². The van der Waals surface area contributed by atoms with Gasteiger partial charge in [0.1, 0.15) is 11.0 Å². The van der Waals surface area contributed by atoms with Crippen LogP contribution in [0.4, 0.5) is 0 Å². The van der Waals surface area contributed by atoms with Gasteiger partial charge in [0.05, 0.1) is 5.75 Å². The van der Waals surface area contributed by atoms with Crippen LogP contribution in [-0.4, -0.2) is 25.2 Å². The van der Waals surface area contributed by atoms with Crippen LogP contribution in [0.25, 0.3) is 0 Å². The van der Waals surface area contributed by atoms with Crippen molar-refractivity contribution < 1.29 is 13.2 Å². The Morgan fingerprint density at radius 1 is 1.23 bits per heavy atom. The fourth-order valence-corrected chi connectivity index (χ4v) is 2.49. The lowest BCUT2D eigenvalue weighted by Crippen LogP contribution is -2.28. The molecule has 0 aromatic carbocycles. The largest absolute Gasteiger partial charge is 0.299 e. The first-order valence-corrected chi connectivity index (χ1v) is 6.21. The highest BCUT2D eigenvalue weighted by Crippen LogP contribution is 2.09. The molecule has 0 heterocycles. The van der Waals surface area contributed by atoms with E-state index >= 15 is 0 Å². The highest BCUT2D eigenvalue weighted by Gasteiger charge is 2.24. The predicted molar refractivity (Wildman–Crippen MR) is 53.4 cm³/mol. The van der Waals surface area contributed by atoms with Gasteiger partial charge in [-0.2, -0.15) is 0 Å². The molecule has 0 aliphatic carbocycles. The Hall–Kier alpha value is -0.380. The average Bonchev–Trinajstić information content (AvgIpc) is 1.99. The molecule has 0 N–H and O–H groups in total. The zero-order valence-corrected chi connectivity index (χ0v) is 9.52. The summed E-state index contributed by atoms with van der Waals surface area (Å²) in [6.07, 6.45) is 0.625.